The van der Waals surface area contributed by atoms with E-state index in [1.807, 2.05) is 77.6 Å². The molecule has 0 saturated carbocycles. The average molecular weight is 1040 g/mol. The van der Waals surface area contributed by atoms with Crippen LogP contribution >= 0.6 is 15.9 Å². The fraction of sp³-hybridized carbons (Fsp3) is 0.538. The first kappa shape index (κ1) is 48.7. The second-order valence-corrected chi connectivity index (χ2v) is 22.0. The average Bonchev–Trinajstić information content (AvgIpc) is 4.24. The van der Waals surface area contributed by atoms with Crippen molar-refractivity contribution in [2.24, 2.45) is 0 Å². The van der Waals surface area contributed by atoms with E-state index in [1.165, 1.54) is 90.4 Å². The van der Waals surface area contributed by atoms with Crippen molar-refractivity contribution in [3.63, 3.8) is 0 Å². The van der Waals surface area contributed by atoms with Gasteiger partial charge in [-0.15, -0.1) is 20.4 Å². The summed E-state index contributed by atoms with van der Waals surface area (Å²) in [5.74, 6) is 1.72. The molecule has 0 aliphatic carbocycles. The third kappa shape index (κ3) is 10.2. The van der Waals surface area contributed by atoms with Crippen molar-refractivity contribution >= 4 is 74.3 Å². The molecule has 0 atom stereocenters. The number of oxazole rings is 2. The molecule has 13 rings (SSSR count). The van der Waals surface area contributed by atoms with E-state index in [1.54, 1.807) is 6.20 Å². The number of hydrogen-bond acceptors (Lipinski definition) is 16. The predicted octanol–water partition coefficient (Wildman–Crippen LogP) is 8.47. The number of pyridine rings is 4. The number of nitrogens with zero attached hydrogens (tertiary/aromatic N) is 14. The molecule has 0 amide bonds. The molecule has 5 saturated heterocycles. The Labute approximate surface area is 429 Å². The first-order valence-electron chi connectivity index (χ1n) is 26.0. The van der Waals surface area contributed by atoms with E-state index < -0.39 is 0 Å². The van der Waals surface area contributed by atoms with Crippen molar-refractivity contribution in [3.05, 3.63) is 77.3 Å². The van der Waals surface area contributed by atoms with E-state index in [9.17, 15) is 0 Å². The molecule has 8 aromatic heterocycles. The Bertz CT molecular complexity index is 3130. The number of aromatic nitrogens is 10. The smallest absolute Gasteiger partial charge is 0.422 e. The Hall–Kier alpha value is -5.54. The quantitative estimate of drug-likeness (QED) is 0.145. The molecule has 5 aliphatic heterocycles. The number of piperidine rings is 4. The van der Waals surface area contributed by atoms with Gasteiger partial charge in [0, 0.05) is 84.7 Å². The van der Waals surface area contributed by atoms with Crippen LogP contribution in [0.5, 0.6) is 0 Å². The largest absolute Gasteiger partial charge is 0.496 e. The topological polar surface area (TPSA) is 170 Å². The normalized spacial score (nSPS) is 20.3. The van der Waals surface area contributed by atoms with Crippen molar-refractivity contribution in [1.29, 1.82) is 0 Å². The number of rotatable bonds is 6. The third-order valence-corrected chi connectivity index (χ3v) is 16.2. The van der Waals surface area contributed by atoms with E-state index in [2.05, 4.69) is 104 Å². The van der Waals surface area contributed by atoms with E-state index in [0.717, 1.165) is 93.4 Å². The lowest BCUT2D eigenvalue weighted by Gasteiger charge is -2.39. The Morgan fingerprint density at radius 1 is 0.556 bits per heavy atom. The standard InChI is InChI=1S/C23H27N7O.C16H21BrN4O.C13H18BN3O2/c1-16-26-27-21-6-5-17(15-30(16)21)18-13-20-22(24-14-18)25-23(31-20)29-11-7-19(8-12-29)28-9-3-2-4-10-28;17-12-10-14-15(18-11-12)19-16(22-14)21-8-4-13(5-9-21)20-6-2-1-3-7-20;1-9-15-16-11-7-6-10(8-17(9)11)14-18-12(2,3)13(4,5)19-14/h5-6,13-15,19H,2-4,7-12H2,1H3;10-11,13H,1-9H2;6-8H,1-5H3. The van der Waals surface area contributed by atoms with Gasteiger partial charge in [0.2, 0.25) is 11.3 Å². The van der Waals surface area contributed by atoms with Crippen LogP contribution in [0.4, 0.5) is 12.0 Å². The maximum Gasteiger partial charge on any atom is 0.496 e. The van der Waals surface area contributed by atoms with Gasteiger partial charge in [0.05, 0.1) is 11.2 Å². The molecule has 20 heteroatoms. The van der Waals surface area contributed by atoms with Gasteiger partial charge < -0.3 is 37.7 Å². The van der Waals surface area contributed by atoms with E-state index in [0.29, 0.717) is 23.4 Å². The molecule has 8 aromatic rings. The van der Waals surface area contributed by atoms with Crippen LogP contribution in [-0.4, -0.2) is 142 Å². The molecule has 5 aliphatic rings. The highest BCUT2D eigenvalue weighted by Crippen LogP contribution is 2.37. The molecule has 18 nitrogen and oxygen atoms in total. The third-order valence-electron chi connectivity index (χ3n) is 15.7. The van der Waals surface area contributed by atoms with Gasteiger partial charge in [-0.3, -0.25) is 8.80 Å². The number of fused-ring (bicyclic) bond motifs is 4. The van der Waals surface area contributed by atoms with E-state index >= 15 is 0 Å². The van der Waals surface area contributed by atoms with Crippen molar-refractivity contribution in [1.82, 2.24) is 58.9 Å². The summed E-state index contributed by atoms with van der Waals surface area (Å²) in [4.78, 5) is 28.0. The molecule has 378 valence electrons. The molecular weight excluding hydrogens is 975 g/mol. The molecule has 72 heavy (non-hydrogen) atoms. The summed E-state index contributed by atoms with van der Waals surface area (Å²) in [6.45, 7) is 21.2. The minimum absolute atomic E-state index is 0.325. The van der Waals surface area contributed by atoms with Gasteiger partial charge in [-0.1, -0.05) is 18.9 Å². The summed E-state index contributed by atoms with van der Waals surface area (Å²) < 4.78 is 29.0. The van der Waals surface area contributed by atoms with Crippen LogP contribution in [0.15, 0.2) is 74.5 Å². The maximum absolute atomic E-state index is 6.15. The van der Waals surface area contributed by atoms with Gasteiger partial charge >= 0.3 is 7.12 Å². The molecule has 0 unspecified atom stereocenters. The highest BCUT2D eigenvalue weighted by atomic mass is 79.9. The highest BCUT2D eigenvalue weighted by Gasteiger charge is 2.52. The monoisotopic (exact) mass is 1040 g/mol. The Kier molecular flexibility index (Phi) is 13.8. The van der Waals surface area contributed by atoms with Gasteiger partial charge in [0.15, 0.2) is 22.5 Å². The van der Waals surface area contributed by atoms with Crippen molar-refractivity contribution < 1.29 is 18.1 Å². The lowest BCUT2D eigenvalue weighted by atomic mass is 9.80. The fourth-order valence-corrected chi connectivity index (χ4v) is 11.1. The van der Waals surface area contributed by atoms with Crippen LogP contribution in [0.1, 0.15) is 104 Å². The van der Waals surface area contributed by atoms with Crippen LogP contribution in [0.25, 0.3) is 44.9 Å². The second kappa shape index (κ2) is 20.4. The van der Waals surface area contributed by atoms with Gasteiger partial charge in [0.1, 0.15) is 11.6 Å². The summed E-state index contributed by atoms with van der Waals surface area (Å²) in [5.41, 5.74) is 6.88. The number of hydrogen-bond donors (Lipinski definition) is 0. The molecular formula is C52H66BBrN14O4. The Morgan fingerprint density at radius 2 is 1.04 bits per heavy atom. The van der Waals surface area contributed by atoms with E-state index in [-0.39, 0.29) is 18.3 Å². The molecule has 0 radical (unpaired) electrons. The summed E-state index contributed by atoms with van der Waals surface area (Å²) in [5, 5.41) is 16.4. The molecule has 5 fully saturated rings. The number of likely N-dealkylation sites (tertiary alicyclic amines) is 2. The van der Waals surface area contributed by atoms with Crippen LogP contribution in [0.2, 0.25) is 0 Å². The van der Waals surface area contributed by atoms with Crippen molar-refractivity contribution in [2.75, 3.05) is 62.2 Å². The maximum atomic E-state index is 6.15. The zero-order chi connectivity index (χ0) is 49.6. The zero-order valence-electron chi connectivity index (χ0n) is 42.5. The summed E-state index contributed by atoms with van der Waals surface area (Å²) in [6.07, 6.45) is 20.6. The summed E-state index contributed by atoms with van der Waals surface area (Å²) in [6, 6.07) is 14.7. The zero-order valence-corrected chi connectivity index (χ0v) is 44.1. The van der Waals surface area contributed by atoms with Crippen LogP contribution in [0.3, 0.4) is 0 Å². The minimum atomic E-state index is -0.351. The lowest BCUT2D eigenvalue weighted by Crippen LogP contribution is -2.46. The first-order valence-corrected chi connectivity index (χ1v) is 26.8. The van der Waals surface area contributed by atoms with Crippen molar-refractivity contribution in [2.45, 2.75) is 129 Å². The fourth-order valence-electron chi connectivity index (χ4n) is 10.7. The Balaban J connectivity index is 0.000000121. The van der Waals surface area contributed by atoms with E-state index in [4.69, 9.17) is 18.1 Å². The highest BCUT2D eigenvalue weighted by molar-refractivity contribution is 9.10. The SMILES string of the molecule is Brc1cnc2nc(N3CCC(N4CCCCC4)CC3)oc2c1.Cc1nnc2ccc(-c3cnc4nc(N5CCC(N6CCCCC6)CC5)oc4c3)cn12.Cc1nnc2ccc(B3OC(C)(C)C(C)(C)O3)cn12. The first-order chi connectivity index (χ1) is 34.8. The lowest BCUT2D eigenvalue weighted by molar-refractivity contribution is 0.00578. The van der Waals surface area contributed by atoms with Gasteiger partial charge in [0.25, 0.3) is 12.0 Å². The summed E-state index contributed by atoms with van der Waals surface area (Å²) in [7, 11) is -0.351. The molecule has 0 bridgehead atoms. The number of halogens is 1. The van der Waals surface area contributed by atoms with Crippen LogP contribution < -0.4 is 15.3 Å². The number of anilines is 2. The van der Waals surface area contributed by atoms with Gasteiger partial charge in [-0.2, -0.15) is 9.97 Å². The predicted molar refractivity (Wildman–Crippen MR) is 283 cm³/mol. The number of aryl methyl sites for hydroxylation is 2. The second-order valence-electron chi connectivity index (χ2n) is 21.1. The minimum Gasteiger partial charge on any atom is -0.422 e. The van der Waals surface area contributed by atoms with Crippen LogP contribution in [-0.2, 0) is 9.31 Å². The summed E-state index contributed by atoms with van der Waals surface area (Å²) >= 11 is 3.42. The molecule has 0 aromatic carbocycles. The Morgan fingerprint density at radius 3 is 1.58 bits per heavy atom. The van der Waals surface area contributed by atoms with Gasteiger partial charge in [-0.25, -0.2) is 9.97 Å². The van der Waals surface area contributed by atoms with Crippen molar-refractivity contribution in [3.8, 4) is 11.1 Å². The molecule has 0 N–H and O–H groups in total. The molecule has 0 spiro atoms. The molecule has 13 heterocycles. The van der Waals surface area contributed by atoms with Crippen LogP contribution in [0, 0.1) is 13.8 Å². The van der Waals surface area contributed by atoms with Gasteiger partial charge in [-0.05, 0) is 165 Å².